The molecule has 1 unspecified atom stereocenters. The van der Waals surface area contributed by atoms with E-state index in [2.05, 4.69) is 5.32 Å². The third kappa shape index (κ3) is 2.40. The SMILES string of the molecule is O=C(C(O)c1ccccc1)N1CC[N]CC1. The lowest BCUT2D eigenvalue weighted by Crippen LogP contribution is -2.45. The quantitative estimate of drug-likeness (QED) is 0.770. The molecule has 1 amide bonds. The predicted octanol–water partition coefficient (Wildman–Crippen LogP) is 0.167. The fourth-order valence-corrected chi connectivity index (χ4v) is 1.78. The van der Waals surface area contributed by atoms with Crippen molar-refractivity contribution in [2.75, 3.05) is 26.2 Å². The smallest absolute Gasteiger partial charge is 0.256 e. The molecule has 85 valence electrons. The van der Waals surface area contributed by atoms with Crippen LogP contribution in [0.15, 0.2) is 30.3 Å². The number of benzene rings is 1. The Morgan fingerprint density at radius 2 is 1.88 bits per heavy atom. The van der Waals surface area contributed by atoms with Crippen molar-refractivity contribution in [1.82, 2.24) is 10.2 Å². The Bertz CT molecular complexity index is 347. The first kappa shape index (κ1) is 11.1. The second-order valence-electron chi connectivity index (χ2n) is 3.81. The number of carbonyl (C=O) groups excluding carboxylic acids is 1. The van der Waals surface area contributed by atoms with Crippen LogP contribution in [0.1, 0.15) is 11.7 Å². The highest BCUT2D eigenvalue weighted by atomic mass is 16.3. The Morgan fingerprint density at radius 3 is 2.50 bits per heavy atom. The van der Waals surface area contributed by atoms with Crippen molar-refractivity contribution in [3.63, 3.8) is 0 Å². The summed E-state index contributed by atoms with van der Waals surface area (Å²) in [6, 6.07) is 9.02. The molecule has 1 aliphatic heterocycles. The molecule has 1 fully saturated rings. The van der Waals surface area contributed by atoms with Gasteiger partial charge in [-0.1, -0.05) is 30.3 Å². The second-order valence-corrected chi connectivity index (χ2v) is 3.81. The average Bonchev–Trinajstić information content (AvgIpc) is 2.39. The second kappa shape index (κ2) is 5.09. The molecule has 0 saturated carbocycles. The van der Waals surface area contributed by atoms with E-state index in [9.17, 15) is 9.90 Å². The molecule has 1 aromatic carbocycles. The highest BCUT2D eigenvalue weighted by Gasteiger charge is 2.24. The molecule has 1 heterocycles. The molecule has 1 radical (unpaired) electrons. The third-order valence-corrected chi connectivity index (χ3v) is 2.72. The molecular weight excluding hydrogens is 204 g/mol. The molecule has 4 heteroatoms. The molecule has 0 spiro atoms. The summed E-state index contributed by atoms with van der Waals surface area (Å²) in [4.78, 5) is 13.6. The monoisotopic (exact) mass is 219 g/mol. The van der Waals surface area contributed by atoms with Gasteiger partial charge in [-0.3, -0.25) is 4.79 Å². The van der Waals surface area contributed by atoms with Gasteiger partial charge in [0.15, 0.2) is 6.10 Å². The maximum absolute atomic E-state index is 11.9. The number of rotatable bonds is 2. The minimum absolute atomic E-state index is 0.221. The Morgan fingerprint density at radius 1 is 1.25 bits per heavy atom. The van der Waals surface area contributed by atoms with Gasteiger partial charge in [-0.15, -0.1) is 0 Å². The largest absolute Gasteiger partial charge is 0.378 e. The van der Waals surface area contributed by atoms with Crippen LogP contribution >= 0.6 is 0 Å². The number of nitrogens with zero attached hydrogens (tertiary/aromatic N) is 2. The van der Waals surface area contributed by atoms with Crippen molar-refractivity contribution in [2.45, 2.75) is 6.10 Å². The number of hydrogen-bond donors (Lipinski definition) is 1. The summed E-state index contributed by atoms with van der Waals surface area (Å²) in [5, 5.41) is 14.1. The zero-order valence-corrected chi connectivity index (χ0v) is 9.04. The highest BCUT2D eigenvalue weighted by molar-refractivity contribution is 5.82. The van der Waals surface area contributed by atoms with Crippen molar-refractivity contribution in [3.05, 3.63) is 35.9 Å². The molecule has 1 aliphatic rings. The van der Waals surface area contributed by atoms with Gasteiger partial charge in [-0.05, 0) is 5.56 Å². The molecule has 0 aromatic heterocycles. The molecule has 2 rings (SSSR count). The van der Waals surface area contributed by atoms with Crippen molar-refractivity contribution < 1.29 is 9.90 Å². The van der Waals surface area contributed by atoms with Crippen LogP contribution in [0.5, 0.6) is 0 Å². The standard InChI is InChI=1S/C12H15N2O2/c15-11(10-4-2-1-3-5-10)12(16)14-8-6-13-7-9-14/h1-5,11,15H,6-9H2. The van der Waals surface area contributed by atoms with E-state index in [1.54, 1.807) is 17.0 Å². The van der Waals surface area contributed by atoms with Gasteiger partial charge in [0.1, 0.15) is 0 Å². The number of aliphatic hydroxyl groups excluding tert-OH is 1. The topological polar surface area (TPSA) is 54.6 Å². The number of amides is 1. The first-order chi connectivity index (χ1) is 7.79. The summed E-state index contributed by atoms with van der Waals surface area (Å²) < 4.78 is 0. The first-order valence-electron chi connectivity index (χ1n) is 5.44. The fraction of sp³-hybridized carbons (Fsp3) is 0.417. The molecule has 0 aliphatic carbocycles. The van der Waals surface area contributed by atoms with Gasteiger partial charge in [-0.2, -0.15) is 0 Å². The van der Waals surface area contributed by atoms with E-state index in [-0.39, 0.29) is 5.91 Å². The zero-order chi connectivity index (χ0) is 11.4. The lowest BCUT2D eigenvalue weighted by molar-refractivity contribution is -0.141. The minimum atomic E-state index is -1.04. The van der Waals surface area contributed by atoms with Crippen LogP contribution < -0.4 is 5.32 Å². The summed E-state index contributed by atoms with van der Waals surface area (Å²) in [5.41, 5.74) is 0.648. The molecular formula is C12H15N2O2. The molecule has 0 bridgehead atoms. The number of carbonyl (C=O) groups is 1. The zero-order valence-electron chi connectivity index (χ0n) is 9.04. The number of piperazine rings is 1. The molecule has 1 N–H and O–H groups in total. The Kier molecular flexibility index (Phi) is 3.54. The van der Waals surface area contributed by atoms with Crippen molar-refractivity contribution >= 4 is 5.91 Å². The summed E-state index contributed by atoms with van der Waals surface area (Å²) in [7, 11) is 0. The lowest BCUT2D eigenvalue weighted by Gasteiger charge is -2.28. The molecule has 1 saturated heterocycles. The van der Waals surface area contributed by atoms with Gasteiger partial charge < -0.3 is 10.0 Å². The van der Waals surface area contributed by atoms with Crippen molar-refractivity contribution in [2.24, 2.45) is 0 Å². The Labute approximate surface area is 94.9 Å². The summed E-state index contributed by atoms with van der Waals surface area (Å²) in [6.07, 6.45) is -1.04. The maximum Gasteiger partial charge on any atom is 0.256 e. The molecule has 16 heavy (non-hydrogen) atoms. The van der Waals surface area contributed by atoms with Gasteiger partial charge in [0.05, 0.1) is 0 Å². The van der Waals surface area contributed by atoms with Crippen LogP contribution in [0.2, 0.25) is 0 Å². The van der Waals surface area contributed by atoms with E-state index < -0.39 is 6.10 Å². The molecule has 4 nitrogen and oxygen atoms in total. The van der Waals surface area contributed by atoms with Crippen LogP contribution in [0.3, 0.4) is 0 Å². The van der Waals surface area contributed by atoms with E-state index in [4.69, 9.17) is 0 Å². The van der Waals surface area contributed by atoms with Crippen molar-refractivity contribution in [3.8, 4) is 0 Å². The minimum Gasteiger partial charge on any atom is -0.378 e. The van der Waals surface area contributed by atoms with Crippen LogP contribution in [-0.2, 0) is 4.79 Å². The van der Waals surface area contributed by atoms with Gasteiger partial charge in [0, 0.05) is 26.2 Å². The summed E-state index contributed by atoms with van der Waals surface area (Å²) >= 11 is 0. The normalized spacial score (nSPS) is 18.2. The van der Waals surface area contributed by atoms with Crippen LogP contribution in [0.4, 0.5) is 0 Å². The molecule has 1 aromatic rings. The maximum atomic E-state index is 11.9. The van der Waals surface area contributed by atoms with Gasteiger partial charge in [0.25, 0.3) is 5.91 Å². The lowest BCUT2D eigenvalue weighted by atomic mass is 10.1. The predicted molar refractivity (Wildman–Crippen MR) is 59.8 cm³/mol. The average molecular weight is 219 g/mol. The highest BCUT2D eigenvalue weighted by Crippen LogP contribution is 2.15. The van der Waals surface area contributed by atoms with E-state index in [1.165, 1.54) is 0 Å². The number of aliphatic hydroxyl groups is 1. The van der Waals surface area contributed by atoms with Gasteiger partial charge >= 0.3 is 0 Å². The van der Waals surface area contributed by atoms with Gasteiger partial charge in [-0.25, -0.2) is 5.32 Å². The Balaban J connectivity index is 2.04. The van der Waals surface area contributed by atoms with Crippen molar-refractivity contribution in [1.29, 1.82) is 0 Å². The van der Waals surface area contributed by atoms with Crippen LogP contribution in [0, 0.1) is 0 Å². The van der Waals surface area contributed by atoms with Gasteiger partial charge in [0.2, 0.25) is 0 Å². The van der Waals surface area contributed by atoms with Crippen LogP contribution in [-0.4, -0.2) is 42.1 Å². The van der Waals surface area contributed by atoms with E-state index in [0.717, 1.165) is 0 Å². The fourth-order valence-electron chi connectivity index (χ4n) is 1.78. The summed E-state index contributed by atoms with van der Waals surface area (Å²) in [6.45, 7) is 2.58. The Hall–Kier alpha value is -1.39. The first-order valence-corrected chi connectivity index (χ1v) is 5.44. The van der Waals surface area contributed by atoms with E-state index in [1.807, 2.05) is 18.2 Å². The molecule has 1 atom stereocenters. The van der Waals surface area contributed by atoms with E-state index >= 15 is 0 Å². The number of hydrogen-bond acceptors (Lipinski definition) is 2. The van der Waals surface area contributed by atoms with Crippen LogP contribution in [0.25, 0.3) is 0 Å². The van der Waals surface area contributed by atoms with E-state index in [0.29, 0.717) is 31.7 Å². The summed E-state index contributed by atoms with van der Waals surface area (Å²) in [5.74, 6) is -0.221. The third-order valence-electron chi connectivity index (χ3n) is 2.72.